The summed E-state index contributed by atoms with van der Waals surface area (Å²) in [6.45, 7) is 2.48. The van der Waals surface area contributed by atoms with Crippen molar-refractivity contribution in [2.24, 2.45) is 7.05 Å². The first-order valence-electron chi connectivity index (χ1n) is 9.65. The number of aromatic nitrogens is 1. The van der Waals surface area contributed by atoms with Gasteiger partial charge in [-0.15, -0.1) is 0 Å². The molecule has 0 saturated carbocycles. The van der Waals surface area contributed by atoms with Crippen molar-refractivity contribution in [3.63, 3.8) is 0 Å². The van der Waals surface area contributed by atoms with Crippen LogP contribution in [0, 0.1) is 0 Å². The summed E-state index contributed by atoms with van der Waals surface area (Å²) in [5.41, 5.74) is 4.39. The van der Waals surface area contributed by atoms with Gasteiger partial charge in [-0.05, 0) is 37.1 Å². The number of carbonyl (C=O) groups is 1. The largest absolute Gasteiger partial charge is 0.366 e. The van der Waals surface area contributed by atoms with Gasteiger partial charge in [0.1, 0.15) is 5.69 Å². The number of hydrogen-bond acceptors (Lipinski definition) is 3. The maximum atomic E-state index is 13.1. The molecule has 0 bridgehead atoms. The number of fused-ring (bicyclic) bond motifs is 2. The fraction of sp³-hybridized carbons (Fsp3) is 0.318. The van der Waals surface area contributed by atoms with Crippen molar-refractivity contribution >= 4 is 28.2 Å². The Balaban J connectivity index is 1.30. The zero-order chi connectivity index (χ0) is 18.4. The first kappa shape index (κ1) is 16.2. The smallest absolute Gasteiger partial charge is 0.270 e. The minimum atomic E-state index is 0.145. The van der Waals surface area contributed by atoms with Crippen LogP contribution in [-0.2, 0) is 7.05 Å². The van der Waals surface area contributed by atoms with Gasteiger partial charge < -0.3 is 19.7 Å². The van der Waals surface area contributed by atoms with E-state index in [0.29, 0.717) is 6.04 Å². The van der Waals surface area contributed by atoms with Gasteiger partial charge in [0.05, 0.1) is 18.0 Å². The van der Waals surface area contributed by atoms with Gasteiger partial charge in [0.25, 0.3) is 5.91 Å². The first-order valence-corrected chi connectivity index (χ1v) is 9.65. The fourth-order valence-corrected chi connectivity index (χ4v) is 4.49. The van der Waals surface area contributed by atoms with Crippen LogP contribution in [0.3, 0.4) is 0 Å². The van der Waals surface area contributed by atoms with E-state index >= 15 is 0 Å². The lowest BCUT2D eigenvalue weighted by atomic mass is 10.0. The third-order valence-corrected chi connectivity index (χ3v) is 6.02. The number of benzene rings is 2. The summed E-state index contributed by atoms with van der Waals surface area (Å²) in [7, 11) is 1.98. The highest BCUT2D eigenvalue weighted by Crippen LogP contribution is 2.34. The van der Waals surface area contributed by atoms with Crippen LogP contribution < -0.4 is 10.2 Å². The summed E-state index contributed by atoms with van der Waals surface area (Å²) in [4.78, 5) is 17.6. The molecule has 2 aliphatic rings. The second-order valence-electron chi connectivity index (χ2n) is 7.49. The summed E-state index contributed by atoms with van der Waals surface area (Å²) >= 11 is 0. The fourth-order valence-electron chi connectivity index (χ4n) is 4.49. The Kier molecular flexibility index (Phi) is 3.81. The van der Waals surface area contributed by atoms with Crippen LogP contribution in [0.4, 0.5) is 11.4 Å². The maximum absolute atomic E-state index is 13.1. The molecule has 27 heavy (non-hydrogen) atoms. The van der Waals surface area contributed by atoms with Crippen LogP contribution in [-0.4, -0.2) is 41.2 Å². The van der Waals surface area contributed by atoms with Crippen molar-refractivity contribution in [2.75, 3.05) is 30.0 Å². The number of anilines is 2. The van der Waals surface area contributed by atoms with E-state index in [2.05, 4.69) is 46.6 Å². The van der Waals surface area contributed by atoms with E-state index in [9.17, 15) is 4.79 Å². The molecule has 1 saturated heterocycles. The number of hydrogen-bond donors (Lipinski definition) is 1. The summed E-state index contributed by atoms with van der Waals surface area (Å²) < 4.78 is 2.02. The lowest BCUT2D eigenvalue weighted by Crippen LogP contribution is -2.47. The molecule has 0 spiro atoms. The first-order chi connectivity index (χ1) is 13.2. The van der Waals surface area contributed by atoms with E-state index in [1.54, 1.807) is 0 Å². The minimum Gasteiger partial charge on any atom is -0.366 e. The third-order valence-electron chi connectivity index (χ3n) is 6.02. The second kappa shape index (κ2) is 6.34. The van der Waals surface area contributed by atoms with Gasteiger partial charge in [-0.2, -0.15) is 0 Å². The number of nitrogens with zero attached hydrogens (tertiary/aromatic N) is 3. The molecule has 1 fully saturated rings. The number of aryl methyl sites for hydroxylation is 1. The molecule has 2 aliphatic heterocycles. The van der Waals surface area contributed by atoms with E-state index in [0.717, 1.165) is 49.2 Å². The van der Waals surface area contributed by atoms with Crippen LogP contribution >= 0.6 is 0 Å². The van der Waals surface area contributed by atoms with E-state index < -0.39 is 0 Å². The van der Waals surface area contributed by atoms with Gasteiger partial charge in [-0.25, -0.2) is 0 Å². The zero-order valence-corrected chi connectivity index (χ0v) is 15.6. The average Bonchev–Trinajstić information content (AvgIpc) is 3.29. The number of piperidine rings is 1. The molecule has 3 aromatic rings. The number of para-hydroxylation sites is 3. The molecule has 1 aromatic heterocycles. The van der Waals surface area contributed by atoms with Crippen LogP contribution in [0.25, 0.3) is 10.9 Å². The van der Waals surface area contributed by atoms with Crippen molar-refractivity contribution in [1.82, 2.24) is 9.47 Å². The van der Waals surface area contributed by atoms with E-state index in [-0.39, 0.29) is 5.91 Å². The van der Waals surface area contributed by atoms with Crippen molar-refractivity contribution in [1.29, 1.82) is 0 Å². The molecule has 3 heterocycles. The van der Waals surface area contributed by atoms with Gasteiger partial charge in [0, 0.05) is 37.1 Å². The highest BCUT2D eigenvalue weighted by Gasteiger charge is 2.31. The normalized spacial score (nSPS) is 17.2. The summed E-state index contributed by atoms with van der Waals surface area (Å²) in [6, 6.07) is 19.1. The van der Waals surface area contributed by atoms with Gasteiger partial charge in [0.2, 0.25) is 0 Å². The molecule has 0 atom stereocenters. The summed E-state index contributed by atoms with van der Waals surface area (Å²) in [6.07, 6.45) is 2.01. The Morgan fingerprint density at radius 1 is 1.04 bits per heavy atom. The van der Waals surface area contributed by atoms with E-state index in [1.165, 1.54) is 11.4 Å². The molecule has 138 valence electrons. The monoisotopic (exact) mass is 360 g/mol. The average molecular weight is 360 g/mol. The molecule has 0 aliphatic carbocycles. The Labute approximate surface area is 159 Å². The maximum Gasteiger partial charge on any atom is 0.270 e. The summed E-state index contributed by atoms with van der Waals surface area (Å²) in [5.74, 6) is 0.145. The van der Waals surface area contributed by atoms with Crippen LogP contribution in [0.15, 0.2) is 54.6 Å². The Hall–Kier alpha value is -2.95. The minimum absolute atomic E-state index is 0.145. The second-order valence-corrected chi connectivity index (χ2v) is 7.49. The number of rotatable bonds is 2. The van der Waals surface area contributed by atoms with Gasteiger partial charge in [-0.3, -0.25) is 4.79 Å². The molecule has 1 amide bonds. The van der Waals surface area contributed by atoms with Crippen molar-refractivity contribution in [3.8, 4) is 0 Å². The molecule has 2 aromatic carbocycles. The number of carbonyl (C=O) groups excluding carboxylic acids is 1. The van der Waals surface area contributed by atoms with E-state index in [1.807, 2.05) is 34.7 Å². The summed E-state index contributed by atoms with van der Waals surface area (Å²) in [5, 5.41) is 4.59. The van der Waals surface area contributed by atoms with E-state index in [4.69, 9.17) is 0 Å². The van der Waals surface area contributed by atoms with Gasteiger partial charge in [0.15, 0.2) is 0 Å². The lowest BCUT2D eigenvalue weighted by molar-refractivity contribution is 0.0703. The van der Waals surface area contributed by atoms with Gasteiger partial charge in [-0.1, -0.05) is 30.3 Å². The number of nitrogens with one attached hydrogen (secondary N) is 1. The molecule has 0 unspecified atom stereocenters. The molecule has 5 heteroatoms. The molecule has 0 radical (unpaired) electrons. The highest BCUT2D eigenvalue weighted by molar-refractivity contribution is 5.98. The van der Waals surface area contributed by atoms with Crippen molar-refractivity contribution in [3.05, 3.63) is 60.3 Å². The van der Waals surface area contributed by atoms with Crippen LogP contribution in [0.2, 0.25) is 0 Å². The topological polar surface area (TPSA) is 40.5 Å². The highest BCUT2D eigenvalue weighted by atomic mass is 16.2. The standard InChI is InChI=1S/C22H24N4O/c1-24-19-8-4-2-6-16(19)14-21(24)22(27)25-12-10-17(11-13-25)26-15-23-18-7-3-5-9-20(18)26/h2-9,14,17,23H,10-13,15H2,1H3. The van der Waals surface area contributed by atoms with Crippen molar-refractivity contribution < 1.29 is 4.79 Å². The molecule has 5 nitrogen and oxygen atoms in total. The lowest BCUT2D eigenvalue weighted by Gasteiger charge is -2.37. The van der Waals surface area contributed by atoms with Crippen molar-refractivity contribution in [2.45, 2.75) is 18.9 Å². The predicted octanol–water partition coefficient (Wildman–Crippen LogP) is 3.67. The number of likely N-dealkylation sites (tertiary alicyclic amines) is 1. The SMILES string of the molecule is Cn1c(C(=O)N2CCC(N3CNc4ccccc43)CC2)cc2ccccc21. The Bertz CT molecular complexity index is 1000. The quantitative estimate of drug-likeness (QED) is 0.758. The zero-order valence-electron chi connectivity index (χ0n) is 15.6. The van der Waals surface area contributed by atoms with Crippen LogP contribution in [0.1, 0.15) is 23.3 Å². The van der Waals surface area contributed by atoms with Gasteiger partial charge >= 0.3 is 0 Å². The molecular weight excluding hydrogens is 336 g/mol. The Morgan fingerprint density at radius 2 is 1.78 bits per heavy atom. The van der Waals surface area contributed by atoms with Crippen LogP contribution in [0.5, 0.6) is 0 Å². The molecule has 5 rings (SSSR count). The third kappa shape index (κ3) is 2.65. The Morgan fingerprint density at radius 3 is 2.59 bits per heavy atom. The predicted molar refractivity (Wildman–Crippen MR) is 109 cm³/mol. The molecule has 1 N–H and O–H groups in total. The number of amides is 1. The molecular formula is C22H24N4O.